The first kappa shape index (κ1) is 19.5. The van der Waals surface area contributed by atoms with Gasteiger partial charge in [-0.25, -0.2) is 0 Å². The highest BCUT2D eigenvalue weighted by Crippen LogP contribution is 2.35. The maximum absolute atomic E-state index is 12.7. The Balaban J connectivity index is 1.32. The van der Waals surface area contributed by atoms with E-state index in [0.29, 0.717) is 44.0 Å². The molecule has 2 heterocycles. The second-order valence-electron chi connectivity index (χ2n) is 7.66. The smallest absolute Gasteiger partial charge is 0.233 e. The quantitative estimate of drug-likeness (QED) is 0.541. The maximum atomic E-state index is 12.7. The van der Waals surface area contributed by atoms with Crippen molar-refractivity contribution in [2.75, 3.05) is 26.2 Å². The fourth-order valence-corrected chi connectivity index (χ4v) is 4.26. The molecular formula is C22H26N2O5. The molecule has 0 unspecified atom stereocenters. The number of hydrogen-bond acceptors (Lipinski definition) is 5. The number of hydrogen-bond donors (Lipinski definition) is 0. The van der Waals surface area contributed by atoms with Gasteiger partial charge >= 0.3 is 0 Å². The lowest BCUT2D eigenvalue weighted by molar-refractivity contribution is -0.141. The molecule has 1 aromatic rings. The van der Waals surface area contributed by atoms with Crippen LogP contribution in [0.25, 0.3) is 0 Å². The van der Waals surface area contributed by atoms with E-state index in [1.54, 1.807) is 4.90 Å². The standard InChI is InChI=1S/C22H26N2O5/c1-2-23(13-15-14-28-18-9-5-6-10-19(18)29-15)20(25)11-12-24-21(26)16-7-3-4-8-17(16)22(24)27/h3-6,9-10,15-17H,2,7-8,11-14H2,1H3/t15-,16-,17+/m1/s1. The summed E-state index contributed by atoms with van der Waals surface area (Å²) in [6.07, 6.45) is 5.03. The normalized spacial score (nSPS) is 25.1. The van der Waals surface area contributed by atoms with Gasteiger partial charge in [0.25, 0.3) is 0 Å². The molecule has 2 aliphatic heterocycles. The first-order valence-electron chi connectivity index (χ1n) is 10.2. The number of benzene rings is 1. The number of ether oxygens (including phenoxy) is 2. The van der Waals surface area contributed by atoms with Crippen LogP contribution in [0.5, 0.6) is 11.5 Å². The molecule has 7 nitrogen and oxygen atoms in total. The lowest BCUT2D eigenvalue weighted by Crippen LogP contribution is -2.44. The molecule has 7 heteroatoms. The summed E-state index contributed by atoms with van der Waals surface area (Å²) in [6.45, 7) is 3.35. The molecule has 3 atom stereocenters. The van der Waals surface area contributed by atoms with E-state index >= 15 is 0 Å². The van der Waals surface area contributed by atoms with Crippen LogP contribution >= 0.6 is 0 Å². The van der Waals surface area contributed by atoms with Crippen LogP contribution in [0.3, 0.4) is 0 Å². The molecule has 1 aromatic carbocycles. The van der Waals surface area contributed by atoms with Gasteiger partial charge in [0.2, 0.25) is 17.7 Å². The number of rotatable bonds is 6. The highest BCUT2D eigenvalue weighted by molar-refractivity contribution is 6.05. The van der Waals surface area contributed by atoms with E-state index in [2.05, 4.69) is 0 Å². The van der Waals surface area contributed by atoms with Crippen molar-refractivity contribution in [1.82, 2.24) is 9.80 Å². The zero-order valence-electron chi connectivity index (χ0n) is 16.6. The van der Waals surface area contributed by atoms with Gasteiger partial charge in [-0.1, -0.05) is 24.3 Å². The number of imide groups is 1. The van der Waals surface area contributed by atoms with E-state index in [4.69, 9.17) is 9.47 Å². The third kappa shape index (κ3) is 3.86. The Morgan fingerprint density at radius 3 is 2.41 bits per heavy atom. The van der Waals surface area contributed by atoms with E-state index in [1.807, 2.05) is 43.3 Å². The average molecular weight is 398 g/mol. The van der Waals surface area contributed by atoms with Crippen molar-refractivity contribution < 1.29 is 23.9 Å². The highest BCUT2D eigenvalue weighted by Gasteiger charge is 2.47. The number of likely N-dealkylation sites (N-methyl/N-ethyl adjacent to an activating group) is 1. The summed E-state index contributed by atoms with van der Waals surface area (Å²) in [4.78, 5) is 40.8. The van der Waals surface area contributed by atoms with Crippen molar-refractivity contribution in [2.24, 2.45) is 11.8 Å². The molecule has 1 aliphatic carbocycles. The first-order chi connectivity index (χ1) is 14.1. The Labute approximate surface area is 170 Å². The molecule has 0 spiro atoms. The summed E-state index contributed by atoms with van der Waals surface area (Å²) >= 11 is 0. The van der Waals surface area contributed by atoms with Gasteiger partial charge in [0.15, 0.2) is 17.6 Å². The van der Waals surface area contributed by atoms with Crippen LogP contribution in [0.2, 0.25) is 0 Å². The van der Waals surface area contributed by atoms with Gasteiger partial charge in [0.05, 0.1) is 18.4 Å². The summed E-state index contributed by atoms with van der Waals surface area (Å²) < 4.78 is 11.7. The molecule has 3 aliphatic rings. The van der Waals surface area contributed by atoms with Crippen LogP contribution in [-0.2, 0) is 14.4 Å². The lowest BCUT2D eigenvalue weighted by atomic mass is 9.85. The topological polar surface area (TPSA) is 76.2 Å². The van der Waals surface area contributed by atoms with Gasteiger partial charge in [0, 0.05) is 19.5 Å². The van der Waals surface area contributed by atoms with Crippen LogP contribution < -0.4 is 9.47 Å². The molecule has 0 saturated carbocycles. The molecule has 0 N–H and O–H groups in total. The molecule has 1 fully saturated rings. The summed E-state index contributed by atoms with van der Waals surface area (Å²) in [7, 11) is 0. The molecule has 29 heavy (non-hydrogen) atoms. The molecule has 0 radical (unpaired) electrons. The molecule has 0 bridgehead atoms. The zero-order chi connectivity index (χ0) is 20.4. The maximum Gasteiger partial charge on any atom is 0.233 e. The number of fused-ring (bicyclic) bond motifs is 2. The minimum atomic E-state index is -0.252. The molecule has 1 saturated heterocycles. The summed E-state index contributed by atoms with van der Waals surface area (Å²) in [5.41, 5.74) is 0. The Hall–Kier alpha value is -2.83. The molecule has 154 valence electrons. The molecule has 0 aromatic heterocycles. The predicted molar refractivity (Wildman–Crippen MR) is 105 cm³/mol. The van der Waals surface area contributed by atoms with Crippen LogP contribution in [-0.4, -0.2) is 59.9 Å². The van der Waals surface area contributed by atoms with Crippen molar-refractivity contribution in [3.63, 3.8) is 0 Å². The number of carbonyl (C=O) groups excluding carboxylic acids is 3. The lowest BCUT2D eigenvalue weighted by Gasteiger charge is -2.31. The fraction of sp³-hybridized carbons (Fsp3) is 0.500. The van der Waals surface area contributed by atoms with E-state index in [9.17, 15) is 14.4 Å². The van der Waals surface area contributed by atoms with E-state index < -0.39 is 0 Å². The molecule has 4 rings (SSSR count). The number of amides is 3. The second kappa shape index (κ2) is 8.27. The van der Waals surface area contributed by atoms with Gasteiger partial charge in [0.1, 0.15) is 6.61 Å². The Kier molecular flexibility index (Phi) is 5.56. The minimum absolute atomic E-state index is 0.0939. The number of nitrogens with zero attached hydrogens (tertiary/aromatic N) is 2. The molecular weight excluding hydrogens is 372 g/mol. The minimum Gasteiger partial charge on any atom is -0.486 e. The highest BCUT2D eigenvalue weighted by atomic mass is 16.6. The van der Waals surface area contributed by atoms with Crippen molar-refractivity contribution in [3.8, 4) is 11.5 Å². The third-order valence-corrected chi connectivity index (χ3v) is 5.87. The van der Waals surface area contributed by atoms with Crippen molar-refractivity contribution >= 4 is 17.7 Å². The van der Waals surface area contributed by atoms with E-state index in [-0.39, 0.29) is 48.6 Å². The number of allylic oxidation sites excluding steroid dienone is 2. The fourth-order valence-electron chi connectivity index (χ4n) is 4.26. The van der Waals surface area contributed by atoms with Crippen LogP contribution in [0.15, 0.2) is 36.4 Å². The average Bonchev–Trinajstić information content (AvgIpc) is 3.00. The van der Waals surface area contributed by atoms with Crippen LogP contribution in [0.1, 0.15) is 26.2 Å². The largest absolute Gasteiger partial charge is 0.486 e. The van der Waals surface area contributed by atoms with Gasteiger partial charge < -0.3 is 14.4 Å². The number of para-hydroxylation sites is 2. The first-order valence-corrected chi connectivity index (χ1v) is 10.2. The summed E-state index contributed by atoms with van der Waals surface area (Å²) in [6, 6.07) is 7.46. The Morgan fingerprint density at radius 1 is 1.10 bits per heavy atom. The second-order valence-corrected chi connectivity index (χ2v) is 7.66. The SMILES string of the molecule is CCN(C[C@@H]1COc2ccccc2O1)C(=O)CCN1C(=O)[C@H]2CC=CC[C@H]2C1=O. The Morgan fingerprint density at radius 2 is 1.76 bits per heavy atom. The van der Waals surface area contributed by atoms with Gasteiger partial charge in [-0.2, -0.15) is 0 Å². The number of carbonyl (C=O) groups is 3. The summed E-state index contributed by atoms with van der Waals surface area (Å²) in [5.74, 6) is 0.512. The van der Waals surface area contributed by atoms with E-state index in [1.165, 1.54) is 4.90 Å². The van der Waals surface area contributed by atoms with Gasteiger partial charge in [-0.15, -0.1) is 0 Å². The van der Waals surface area contributed by atoms with Crippen LogP contribution in [0, 0.1) is 11.8 Å². The van der Waals surface area contributed by atoms with Gasteiger partial charge in [-0.05, 0) is 31.9 Å². The third-order valence-electron chi connectivity index (χ3n) is 5.87. The van der Waals surface area contributed by atoms with E-state index in [0.717, 1.165) is 0 Å². The monoisotopic (exact) mass is 398 g/mol. The zero-order valence-corrected chi connectivity index (χ0v) is 16.6. The van der Waals surface area contributed by atoms with Gasteiger partial charge in [-0.3, -0.25) is 19.3 Å². The number of likely N-dealkylation sites (tertiary alicyclic amines) is 1. The predicted octanol–water partition coefficient (Wildman–Crippen LogP) is 2.02. The van der Waals surface area contributed by atoms with Crippen molar-refractivity contribution in [1.29, 1.82) is 0 Å². The Bertz CT molecular complexity index is 810. The van der Waals surface area contributed by atoms with Crippen molar-refractivity contribution in [3.05, 3.63) is 36.4 Å². The summed E-state index contributed by atoms with van der Waals surface area (Å²) in [5, 5.41) is 0. The van der Waals surface area contributed by atoms with Crippen LogP contribution in [0.4, 0.5) is 0 Å². The van der Waals surface area contributed by atoms with Crippen molar-refractivity contribution in [2.45, 2.75) is 32.3 Å². The molecule has 3 amide bonds.